The number of hydrogen-bond acceptors (Lipinski definition) is 14. The summed E-state index contributed by atoms with van der Waals surface area (Å²) >= 11 is 12.3. The molecule has 1 aliphatic rings. The molecule has 0 spiro atoms. The molecule has 0 amide bonds. The molecule has 8 bridgehead atoms. The Labute approximate surface area is 368 Å². The largest absolute Gasteiger partial charge is 0.481 e. The van der Waals surface area contributed by atoms with Crippen molar-refractivity contribution in [3.05, 3.63) is 116 Å². The third-order valence-corrected chi connectivity index (χ3v) is 9.81. The predicted octanol–water partition coefficient (Wildman–Crippen LogP) is 6.89. The molecule has 5 rings (SSSR count). The maximum atomic E-state index is 12.9. The van der Waals surface area contributed by atoms with Crippen molar-refractivity contribution in [2.75, 3.05) is 52.9 Å². The second-order valence-corrected chi connectivity index (χ2v) is 14.4. The highest BCUT2D eigenvalue weighted by Gasteiger charge is 2.26. The van der Waals surface area contributed by atoms with Gasteiger partial charge in [-0.3, -0.25) is 9.59 Å². The zero-order valence-corrected chi connectivity index (χ0v) is 36.2. The van der Waals surface area contributed by atoms with E-state index in [9.17, 15) is 28.8 Å². The third-order valence-electron chi connectivity index (χ3n) is 9.38. The van der Waals surface area contributed by atoms with E-state index in [1.54, 1.807) is 88.4 Å². The minimum absolute atomic E-state index is 0.0130. The zero-order valence-electron chi connectivity index (χ0n) is 34.7. The SMILES string of the molecule is CCOC(=O)COc1c2cccc1Cc1cc(C(=O)Cl)cc(c1OCC(=O)OCC)Cc1cccc(c1OCC(=O)OCC)Cc1cc(C(=O)Cl)cc(c1OCC(=O)OCC)C2. The smallest absolute Gasteiger partial charge is 0.344 e. The average molecular weight is 894 g/mol. The van der Waals surface area contributed by atoms with Crippen LogP contribution in [-0.2, 0) is 63.8 Å². The molecule has 4 aromatic carbocycles. The average Bonchev–Trinajstić information content (AvgIpc) is 3.22. The molecule has 16 heteroatoms. The van der Waals surface area contributed by atoms with Gasteiger partial charge in [0.1, 0.15) is 23.0 Å². The summed E-state index contributed by atoms with van der Waals surface area (Å²) in [6.45, 7) is 5.20. The first-order valence-corrected chi connectivity index (χ1v) is 20.7. The van der Waals surface area contributed by atoms with Crippen LogP contribution in [0.2, 0.25) is 0 Å². The van der Waals surface area contributed by atoms with E-state index in [4.69, 9.17) is 61.1 Å². The van der Waals surface area contributed by atoms with Gasteiger partial charge in [0.15, 0.2) is 26.4 Å². The van der Waals surface area contributed by atoms with Crippen LogP contribution in [-0.4, -0.2) is 87.2 Å². The molecule has 0 fully saturated rings. The molecule has 0 unspecified atom stereocenters. The number of carbonyl (C=O) groups excluding carboxylic acids is 6. The van der Waals surface area contributed by atoms with Gasteiger partial charge in [0.25, 0.3) is 10.5 Å². The summed E-state index contributed by atoms with van der Waals surface area (Å²) in [6, 6.07) is 16.7. The maximum Gasteiger partial charge on any atom is 0.344 e. The number of ether oxygens (including phenoxy) is 8. The lowest BCUT2D eigenvalue weighted by Gasteiger charge is -2.23. The topological polar surface area (TPSA) is 176 Å². The summed E-state index contributed by atoms with van der Waals surface area (Å²) in [7, 11) is 0. The molecule has 0 aliphatic heterocycles. The first kappa shape index (κ1) is 46.9. The van der Waals surface area contributed by atoms with E-state index < -0.39 is 60.8 Å². The Hall–Kier alpha value is -6.12. The summed E-state index contributed by atoms with van der Waals surface area (Å²) in [5.41, 5.74) is 3.98. The Bertz CT molecular complexity index is 2070. The van der Waals surface area contributed by atoms with E-state index in [0.29, 0.717) is 44.5 Å². The Morgan fingerprint density at radius 2 is 0.629 bits per heavy atom. The summed E-state index contributed by atoms with van der Waals surface area (Å²) in [5, 5.41) is -1.53. The third kappa shape index (κ3) is 12.5. The molecule has 0 atom stereocenters. The lowest BCUT2D eigenvalue weighted by atomic mass is 9.90. The lowest BCUT2D eigenvalue weighted by Crippen LogP contribution is -2.19. The fourth-order valence-corrected chi connectivity index (χ4v) is 7.21. The first-order valence-electron chi connectivity index (χ1n) is 19.9. The molecule has 62 heavy (non-hydrogen) atoms. The Balaban J connectivity index is 1.85. The van der Waals surface area contributed by atoms with Gasteiger partial charge in [-0.25, -0.2) is 19.2 Å². The van der Waals surface area contributed by atoms with Crippen molar-refractivity contribution in [2.24, 2.45) is 0 Å². The zero-order chi connectivity index (χ0) is 44.8. The molecule has 4 aromatic rings. The standard InChI is InChI=1S/C46H46Cl2O14/c1-5-55-37(49)23-59-41-27-11-9-12-28(41)16-32-20-36(46(48)54)22-34(44(32)62-26-40(52)58-8-4)18-30-14-10-13-29(42(30)60-24-38(50)56-6-2)17-33-21-35(45(47)53)19-31(15-27)43(33)61-25-39(51)57-7-3/h9-14,19-22H,5-8,15-18,23-26H2,1-4H3. The van der Waals surface area contributed by atoms with Crippen LogP contribution in [0.4, 0.5) is 0 Å². The number of benzene rings is 4. The quantitative estimate of drug-likeness (QED) is 0.0505. The van der Waals surface area contributed by atoms with Crippen LogP contribution in [0.1, 0.15) is 92.9 Å². The van der Waals surface area contributed by atoms with E-state index in [0.717, 1.165) is 0 Å². The van der Waals surface area contributed by atoms with Crippen LogP contribution >= 0.6 is 23.2 Å². The molecule has 0 radical (unpaired) electrons. The number of rotatable bonds is 18. The highest BCUT2D eigenvalue weighted by Crippen LogP contribution is 2.40. The van der Waals surface area contributed by atoms with Gasteiger partial charge in [-0.2, -0.15) is 0 Å². The minimum atomic E-state index is -0.766. The van der Waals surface area contributed by atoms with Crippen molar-refractivity contribution >= 4 is 57.6 Å². The van der Waals surface area contributed by atoms with Gasteiger partial charge in [0, 0.05) is 36.8 Å². The Morgan fingerprint density at radius 3 is 0.839 bits per heavy atom. The van der Waals surface area contributed by atoms with Crippen molar-refractivity contribution in [1.29, 1.82) is 0 Å². The van der Waals surface area contributed by atoms with Crippen molar-refractivity contribution in [2.45, 2.75) is 53.4 Å². The fraction of sp³-hybridized carbons (Fsp3) is 0.348. The normalized spacial score (nSPS) is 11.7. The predicted molar refractivity (Wildman–Crippen MR) is 226 cm³/mol. The molecule has 0 saturated heterocycles. The maximum absolute atomic E-state index is 12.9. The van der Waals surface area contributed by atoms with E-state index >= 15 is 0 Å². The fourth-order valence-electron chi connectivity index (χ4n) is 6.99. The van der Waals surface area contributed by atoms with E-state index in [1.165, 1.54) is 0 Å². The summed E-state index contributed by atoms with van der Waals surface area (Å²) < 4.78 is 45.6. The van der Waals surface area contributed by atoms with Crippen molar-refractivity contribution in [3.8, 4) is 23.0 Å². The molecule has 0 heterocycles. The van der Waals surface area contributed by atoms with Crippen LogP contribution in [0.3, 0.4) is 0 Å². The first-order chi connectivity index (χ1) is 29.8. The van der Waals surface area contributed by atoms with E-state index in [-0.39, 0.29) is 86.2 Å². The van der Waals surface area contributed by atoms with Crippen LogP contribution < -0.4 is 18.9 Å². The van der Waals surface area contributed by atoms with Crippen LogP contribution in [0, 0.1) is 0 Å². The summed E-state index contributed by atoms with van der Waals surface area (Å²) in [4.78, 5) is 76.8. The molecule has 14 nitrogen and oxygen atoms in total. The highest BCUT2D eigenvalue weighted by atomic mass is 35.5. The van der Waals surface area contributed by atoms with Crippen LogP contribution in [0.5, 0.6) is 23.0 Å². The monoisotopic (exact) mass is 892 g/mol. The van der Waals surface area contributed by atoms with Gasteiger partial charge >= 0.3 is 23.9 Å². The van der Waals surface area contributed by atoms with E-state index in [1.807, 2.05) is 0 Å². The Kier molecular flexibility index (Phi) is 17.1. The Morgan fingerprint density at radius 1 is 0.403 bits per heavy atom. The molecular weight excluding hydrogens is 847 g/mol. The highest BCUT2D eigenvalue weighted by molar-refractivity contribution is 6.68. The summed E-state index contributed by atoms with van der Waals surface area (Å²) in [6.07, 6.45) is 0.0520. The van der Waals surface area contributed by atoms with Crippen molar-refractivity contribution < 1.29 is 66.7 Å². The minimum Gasteiger partial charge on any atom is -0.481 e. The second-order valence-electron chi connectivity index (χ2n) is 13.7. The molecular formula is C46H46Cl2O14. The van der Waals surface area contributed by atoms with Crippen LogP contribution in [0.25, 0.3) is 0 Å². The molecule has 328 valence electrons. The second kappa shape index (κ2) is 22.6. The van der Waals surface area contributed by atoms with Gasteiger partial charge < -0.3 is 37.9 Å². The van der Waals surface area contributed by atoms with Gasteiger partial charge in [-0.05, 0) is 120 Å². The molecule has 0 N–H and O–H groups in total. The van der Waals surface area contributed by atoms with E-state index in [2.05, 4.69) is 0 Å². The molecule has 0 aromatic heterocycles. The molecule has 1 aliphatic carbocycles. The number of fused-ring (bicyclic) bond motifs is 8. The van der Waals surface area contributed by atoms with Crippen molar-refractivity contribution in [1.82, 2.24) is 0 Å². The van der Waals surface area contributed by atoms with Crippen molar-refractivity contribution in [3.63, 3.8) is 0 Å². The van der Waals surface area contributed by atoms with Gasteiger partial charge in [-0.15, -0.1) is 0 Å². The number of para-hydroxylation sites is 2. The van der Waals surface area contributed by atoms with Gasteiger partial charge in [0.05, 0.1) is 26.4 Å². The summed E-state index contributed by atoms with van der Waals surface area (Å²) in [5.74, 6) is -1.56. The number of halogens is 2. The number of carbonyl (C=O) groups is 6. The number of esters is 4. The van der Waals surface area contributed by atoms with Gasteiger partial charge in [-0.1, -0.05) is 36.4 Å². The molecule has 0 saturated carbocycles. The van der Waals surface area contributed by atoms with Crippen LogP contribution in [0.15, 0.2) is 60.7 Å². The lowest BCUT2D eigenvalue weighted by molar-refractivity contribution is -0.146. The van der Waals surface area contributed by atoms with Gasteiger partial charge in [0.2, 0.25) is 0 Å². The number of hydrogen-bond donors (Lipinski definition) is 0.